The number of hydrogen-bond acceptors (Lipinski definition) is 3. The van der Waals surface area contributed by atoms with Crippen LogP contribution >= 0.6 is 0 Å². The Bertz CT molecular complexity index is 2730. The van der Waals surface area contributed by atoms with Gasteiger partial charge in [-0.1, -0.05) is 128 Å². The maximum atomic E-state index is 6.85. The summed E-state index contributed by atoms with van der Waals surface area (Å²) in [6, 6.07) is 50.6. The molecule has 2 aliphatic heterocycles. The Kier molecular flexibility index (Phi) is 6.66. The minimum absolute atomic E-state index is 0.192. The summed E-state index contributed by atoms with van der Waals surface area (Å²) in [4.78, 5) is 2.46. The maximum absolute atomic E-state index is 6.85. The van der Waals surface area contributed by atoms with Crippen molar-refractivity contribution in [2.75, 3.05) is 4.90 Å². The van der Waals surface area contributed by atoms with Crippen LogP contribution in [-0.2, 0) is 5.41 Å². The zero-order valence-electron chi connectivity index (χ0n) is 30.1. The fourth-order valence-electron chi connectivity index (χ4n) is 9.07. The first-order valence-electron chi connectivity index (χ1n) is 18.2. The van der Waals surface area contributed by atoms with Crippen LogP contribution in [0.5, 0.6) is 5.75 Å². The Morgan fingerprint density at radius 1 is 0.577 bits per heavy atom. The third kappa shape index (κ3) is 4.47. The van der Waals surface area contributed by atoms with E-state index in [1.807, 2.05) is 6.07 Å². The van der Waals surface area contributed by atoms with Crippen molar-refractivity contribution in [3.63, 3.8) is 0 Å². The Morgan fingerprint density at radius 2 is 1.29 bits per heavy atom. The van der Waals surface area contributed by atoms with Gasteiger partial charge in [-0.05, 0) is 96.4 Å². The second-order valence-corrected chi connectivity index (χ2v) is 15.1. The smallest absolute Gasteiger partial charge is 0.427 e. The van der Waals surface area contributed by atoms with E-state index in [1.165, 1.54) is 55.7 Å². The summed E-state index contributed by atoms with van der Waals surface area (Å²) in [6.45, 7) is 11.1. The number of anilines is 3. The molecule has 0 saturated heterocycles. The molecule has 10 rings (SSSR count). The van der Waals surface area contributed by atoms with E-state index in [-0.39, 0.29) is 12.3 Å². The molecular formula is C48H38BNO2. The Morgan fingerprint density at radius 3 is 2.15 bits per heavy atom. The van der Waals surface area contributed by atoms with Crippen molar-refractivity contribution in [2.24, 2.45) is 0 Å². The molecule has 0 atom stereocenters. The summed E-state index contributed by atoms with van der Waals surface area (Å²) in [5, 5.41) is 2.29. The average Bonchev–Trinajstić information content (AvgIpc) is 3.54. The Balaban J connectivity index is 1.17. The molecule has 52 heavy (non-hydrogen) atoms. The lowest BCUT2D eigenvalue weighted by atomic mass is 9.50. The van der Waals surface area contributed by atoms with Gasteiger partial charge in [-0.2, -0.15) is 0 Å². The monoisotopic (exact) mass is 671 g/mol. The van der Waals surface area contributed by atoms with Crippen LogP contribution in [0.3, 0.4) is 0 Å². The number of nitrogens with zero attached hydrogens (tertiary/aromatic N) is 1. The van der Waals surface area contributed by atoms with E-state index in [0.717, 1.165) is 50.1 Å². The first-order chi connectivity index (χ1) is 25.3. The highest BCUT2D eigenvalue weighted by atomic mass is 16.4. The van der Waals surface area contributed by atoms with Crippen molar-refractivity contribution < 1.29 is 9.07 Å². The summed E-state index contributed by atoms with van der Waals surface area (Å²) in [5.41, 5.74) is 18.5. The molecule has 1 aromatic heterocycles. The van der Waals surface area contributed by atoms with Gasteiger partial charge in [-0.3, -0.25) is 0 Å². The molecule has 8 aromatic rings. The Labute approximate surface area is 305 Å². The summed E-state index contributed by atoms with van der Waals surface area (Å²) < 4.78 is 13.4. The summed E-state index contributed by atoms with van der Waals surface area (Å²) in [5.74, 6) is 0.918. The van der Waals surface area contributed by atoms with Gasteiger partial charge in [0, 0.05) is 33.0 Å². The van der Waals surface area contributed by atoms with Gasteiger partial charge in [0.15, 0.2) is 0 Å². The van der Waals surface area contributed by atoms with Crippen molar-refractivity contribution in [1.29, 1.82) is 0 Å². The summed E-state index contributed by atoms with van der Waals surface area (Å²) in [6.07, 6.45) is 0. The fourth-order valence-corrected chi connectivity index (χ4v) is 9.07. The molecule has 0 aliphatic carbocycles. The zero-order valence-corrected chi connectivity index (χ0v) is 30.1. The van der Waals surface area contributed by atoms with Gasteiger partial charge in [-0.25, -0.2) is 0 Å². The second kappa shape index (κ2) is 11.3. The van der Waals surface area contributed by atoms with E-state index in [0.29, 0.717) is 0 Å². The van der Waals surface area contributed by atoms with Gasteiger partial charge in [-0.15, -0.1) is 0 Å². The van der Waals surface area contributed by atoms with Crippen molar-refractivity contribution in [3.8, 4) is 28.0 Å². The van der Waals surface area contributed by atoms with E-state index in [2.05, 4.69) is 173 Å². The third-order valence-electron chi connectivity index (χ3n) is 11.4. The first kappa shape index (κ1) is 30.8. The van der Waals surface area contributed by atoms with Crippen molar-refractivity contribution in [3.05, 3.63) is 167 Å². The van der Waals surface area contributed by atoms with E-state index in [9.17, 15) is 0 Å². The number of benzene rings is 7. The zero-order chi connectivity index (χ0) is 35.3. The molecule has 7 aromatic carbocycles. The van der Waals surface area contributed by atoms with Crippen LogP contribution in [0.4, 0.5) is 17.1 Å². The molecule has 0 fully saturated rings. The van der Waals surface area contributed by atoms with E-state index >= 15 is 0 Å². The molecule has 3 heterocycles. The number of hydrogen-bond donors (Lipinski definition) is 0. The third-order valence-corrected chi connectivity index (χ3v) is 11.4. The molecule has 0 bridgehead atoms. The van der Waals surface area contributed by atoms with Crippen LogP contribution in [0, 0.1) is 20.8 Å². The summed E-state index contributed by atoms with van der Waals surface area (Å²) in [7, 11) is 0. The van der Waals surface area contributed by atoms with Crippen LogP contribution in [0.2, 0.25) is 0 Å². The van der Waals surface area contributed by atoms with Crippen molar-refractivity contribution in [1.82, 2.24) is 0 Å². The normalized spacial score (nSPS) is 14.1. The van der Waals surface area contributed by atoms with Crippen LogP contribution in [-0.4, -0.2) is 6.92 Å². The van der Waals surface area contributed by atoms with E-state index in [4.69, 9.17) is 9.07 Å². The molecule has 0 N–H and O–H groups in total. The lowest BCUT2D eigenvalue weighted by Gasteiger charge is -2.42. The number of aryl methyl sites for hydroxylation is 3. The van der Waals surface area contributed by atoms with Gasteiger partial charge in [0.05, 0.1) is 11.4 Å². The quantitative estimate of drug-likeness (QED) is 0.175. The van der Waals surface area contributed by atoms with Gasteiger partial charge in [0.2, 0.25) is 0 Å². The number of furan rings is 1. The minimum Gasteiger partial charge on any atom is -0.551 e. The van der Waals surface area contributed by atoms with Gasteiger partial charge >= 0.3 is 6.92 Å². The highest BCUT2D eigenvalue weighted by molar-refractivity contribution is 6.83. The highest BCUT2D eigenvalue weighted by Gasteiger charge is 2.39. The highest BCUT2D eigenvalue weighted by Crippen LogP contribution is 2.53. The van der Waals surface area contributed by atoms with Gasteiger partial charge in [0.25, 0.3) is 0 Å². The lowest BCUT2D eigenvalue weighted by molar-refractivity contribution is 0.590. The molecule has 3 nitrogen and oxygen atoms in total. The van der Waals surface area contributed by atoms with Crippen LogP contribution < -0.4 is 20.5 Å². The standard InChI is InChI=1S/C48H38BNO2/c1-29-25-30(2)46(31(3)26-29)49-41-23-22-33(28-38(41)36-14-7-11-20-45(36)52-49)50-42-18-9-8-17-39(42)48(4,5)40-27-32(21-24-43(40)50)34-15-12-16-37-35-13-6-10-19-44(35)51-47(34)37/h6-28H,1-5H3. The van der Waals surface area contributed by atoms with E-state index < -0.39 is 0 Å². The number of fused-ring (bicyclic) bond motifs is 8. The molecule has 0 unspecified atom stereocenters. The number of para-hydroxylation sites is 4. The lowest BCUT2D eigenvalue weighted by Crippen LogP contribution is -2.52. The fraction of sp³-hybridized carbons (Fsp3) is 0.125. The molecule has 2 aliphatic rings. The topological polar surface area (TPSA) is 25.6 Å². The molecule has 0 radical (unpaired) electrons. The number of rotatable bonds is 3. The van der Waals surface area contributed by atoms with Crippen LogP contribution in [0.1, 0.15) is 41.7 Å². The predicted molar refractivity (Wildman–Crippen MR) is 218 cm³/mol. The summed E-state index contributed by atoms with van der Waals surface area (Å²) >= 11 is 0. The van der Waals surface area contributed by atoms with Crippen molar-refractivity contribution >= 4 is 56.8 Å². The molecular weight excluding hydrogens is 633 g/mol. The van der Waals surface area contributed by atoms with Gasteiger partial charge in [0.1, 0.15) is 16.9 Å². The Hall–Kier alpha value is -6.00. The largest absolute Gasteiger partial charge is 0.551 e. The van der Waals surface area contributed by atoms with E-state index in [1.54, 1.807) is 0 Å². The molecule has 0 spiro atoms. The maximum Gasteiger partial charge on any atom is 0.427 e. The van der Waals surface area contributed by atoms with Gasteiger partial charge < -0.3 is 14.0 Å². The molecule has 250 valence electrons. The average molecular weight is 672 g/mol. The SMILES string of the molecule is Cc1cc(C)c(B2Oc3ccccc3-c3cc(N4c5ccccc5C(C)(C)c5cc(-c6cccc7c6oc6ccccc67)ccc54)ccc32)c(C)c1. The molecule has 0 amide bonds. The molecule has 0 saturated carbocycles. The predicted octanol–water partition coefficient (Wildman–Crippen LogP) is 11.5. The minimum atomic E-state index is -0.236. The van der Waals surface area contributed by atoms with Crippen LogP contribution in [0.15, 0.2) is 144 Å². The van der Waals surface area contributed by atoms with Crippen molar-refractivity contribution in [2.45, 2.75) is 40.0 Å². The first-order valence-corrected chi connectivity index (χ1v) is 18.2. The second-order valence-electron chi connectivity index (χ2n) is 15.1. The van der Waals surface area contributed by atoms with Crippen LogP contribution in [0.25, 0.3) is 44.2 Å². The molecule has 4 heteroatoms.